The minimum atomic E-state index is -0.560. The number of carbonyl (C=O) groups is 2. The van der Waals surface area contributed by atoms with Crippen molar-refractivity contribution in [3.63, 3.8) is 0 Å². The van der Waals surface area contributed by atoms with E-state index in [2.05, 4.69) is 23.2 Å². The highest BCUT2D eigenvalue weighted by molar-refractivity contribution is 5.89. The molecule has 0 fully saturated rings. The fourth-order valence-corrected chi connectivity index (χ4v) is 0.366. The molecule has 4 nitrogen and oxygen atoms in total. The Labute approximate surface area is 64.5 Å². The van der Waals surface area contributed by atoms with E-state index in [0.717, 1.165) is 12.3 Å². The second-order valence-electron chi connectivity index (χ2n) is 1.58. The van der Waals surface area contributed by atoms with Gasteiger partial charge in [0, 0.05) is 0 Å². The molecule has 0 spiro atoms. The lowest BCUT2D eigenvalue weighted by atomic mass is 10.5. The maximum atomic E-state index is 10.5. The molecule has 0 aliphatic heterocycles. The van der Waals surface area contributed by atoms with Gasteiger partial charge in [-0.25, -0.2) is 4.79 Å². The molecule has 0 atom stereocenters. The molecular weight excluding hydrogens is 146 g/mol. The first-order chi connectivity index (χ1) is 5.20. The van der Waals surface area contributed by atoms with E-state index in [9.17, 15) is 9.59 Å². The fraction of sp³-hybridized carbons (Fsp3) is 0.143. The van der Waals surface area contributed by atoms with Gasteiger partial charge in [0.15, 0.2) is 0 Å². The van der Waals surface area contributed by atoms with Gasteiger partial charge >= 0.3 is 5.97 Å². The third-order valence-electron chi connectivity index (χ3n) is 0.807. The summed E-state index contributed by atoms with van der Waals surface area (Å²) in [5, 5.41) is 2.24. The summed E-state index contributed by atoms with van der Waals surface area (Å²) >= 11 is 0. The van der Waals surface area contributed by atoms with E-state index in [1.54, 1.807) is 0 Å². The molecule has 0 saturated heterocycles. The maximum absolute atomic E-state index is 10.5. The van der Waals surface area contributed by atoms with Crippen LogP contribution >= 0.6 is 0 Å². The molecule has 1 amide bonds. The number of hydrogen-bond acceptors (Lipinski definition) is 3. The van der Waals surface area contributed by atoms with Crippen LogP contribution in [0.3, 0.4) is 0 Å². The van der Waals surface area contributed by atoms with Crippen molar-refractivity contribution in [3.8, 4) is 0 Å². The van der Waals surface area contributed by atoms with E-state index in [4.69, 9.17) is 0 Å². The average molecular weight is 155 g/mol. The second kappa shape index (κ2) is 5.22. The topological polar surface area (TPSA) is 55.4 Å². The van der Waals surface area contributed by atoms with E-state index in [1.165, 1.54) is 0 Å². The zero-order valence-electron chi connectivity index (χ0n) is 6.00. The Hall–Kier alpha value is -1.58. The zero-order valence-corrected chi connectivity index (χ0v) is 6.00. The first-order valence-corrected chi connectivity index (χ1v) is 2.91. The molecule has 0 aliphatic carbocycles. The van der Waals surface area contributed by atoms with Crippen molar-refractivity contribution in [1.82, 2.24) is 5.32 Å². The summed E-state index contributed by atoms with van der Waals surface area (Å²) in [5.41, 5.74) is 0. The Morgan fingerprint density at radius 1 is 1.45 bits per heavy atom. The number of hydrogen-bond donors (Lipinski definition) is 1. The molecule has 0 aliphatic rings. The van der Waals surface area contributed by atoms with Crippen molar-refractivity contribution in [2.45, 2.75) is 0 Å². The van der Waals surface area contributed by atoms with Crippen LogP contribution in [0.25, 0.3) is 0 Å². The quantitative estimate of drug-likeness (QED) is 0.352. The molecule has 0 bridgehead atoms. The van der Waals surface area contributed by atoms with Crippen LogP contribution in [-0.2, 0) is 14.3 Å². The van der Waals surface area contributed by atoms with Gasteiger partial charge in [-0.2, -0.15) is 0 Å². The van der Waals surface area contributed by atoms with Crippen molar-refractivity contribution < 1.29 is 14.3 Å². The predicted octanol–water partition coefficient (Wildman–Crippen LogP) is -0.0247. The number of carbonyl (C=O) groups excluding carboxylic acids is 2. The van der Waals surface area contributed by atoms with Gasteiger partial charge in [-0.05, 0) is 6.08 Å². The smallest absolute Gasteiger partial charge is 0.330 e. The van der Waals surface area contributed by atoms with E-state index >= 15 is 0 Å². The van der Waals surface area contributed by atoms with Gasteiger partial charge in [0.05, 0.1) is 6.26 Å². The van der Waals surface area contributed by atoms with E-state index in [0.29, 0.717) is 0 Å². The standard InChI is InChI=1S/C7H9NO3/c1-3-6(9)8-5-7(10)11-4-2/h3-4H,1-2,5H2,(H,8,9). The molecule has 0 saturated carbocycles. The van der Waals surface area contributed by atoms with Crippen molar-refractivity contribution in [1.29, 1.82) is 0 Å². The van der Waals surface area contributed by atoms with Gasteiger partial charge in [0.25, 0.3) is 0 Å². The summed E-state index contributed by atoms with van der Waals surface area (Å²) in [6.45, 7) is 6.20. The van der Waals surface area contributed by atoms with Gasteiger partial charge in [0.1, 0.15) is 6.54 Å². The van der Waals surface area contributed by atoms with Gasteiger partial charge in [-0.1, -0.05) is 13.2 Å². The molecule has 0 heterocycles. The molecule has 4 heteroatoms. The summed E-state index contributed by atoms with van der Waals surface area (Å²) in [4.78, 5) is 21.0. The van der Waals surface area contributed by atoms with Crippen LogP contribution in [0.2, 0.25) is 0 Å². The van der Waals surface area contributed by atoms with E-state index in [1.807, 2.05) is 0 Å². The van der Waals surface area contributed by atoms with E-state index in [-0.39, 0.29) is 6.54 Å². The van der Waals surface area contributed by atoms with Crippen molar-refractivity contribution in [2.24, 2.45) is 0 Å². The largest absolute Gasteiger partial charge is 0.434 e. The second-order valence-corrected chi connectivity index (χ2v) is 1.58. The zero-order chi connectivity index (χ0) is 8.69. The number of ether oxygens (including phenoxy) is 1. The van der Waals surface area contributed by atoms with E-state index < -0.39 is 11.9 Å². The molecule has 60 valence electrons. The highest BCUT2D eigenvalue weighted by atomic mass is 16.5. The molecule has 0 radical (unpaired) electrons. The Balaban J connectivity index is 3.53. The van der Waals surface area contributed by atoms with Gasteiger partial charge in [-0.3, -0.25) is 4.79 Å². The molecule has 0 unspecified atom stereocenters. The average Bonchev–Trinajstić information content (AvgIpc) is 2.01. The lowest BCUT2D eigenvalue weighted by molar-refractivity contribution is -0.138. The van der Waals surface area contributed by atoms with Crippen LogP contribution < -0.4 is 5.32 Å². The van der Waals surface area contributed by atoms with Gasteiger partial charge in [0.2, 0.25) is 5.91 Å². The minimum absolute atomic E-state index is 0.170. The Morgan fingerprint density at radius 2 is 2.09 bits per heavy atom. The summed E-state index contributed by atoms with van der Waals surface area (Å²) < 4.78 is 4.31. The summed E-state index contributed by atoms with van der Waals surface area (Å²) in [5.74, 6) is -0.971. The highest BCUT2D eigenvalue weighted by Crippen LogP contribution is 1.75. The number of rotatable bonds is 4. The Bertz CT molecular complexity index is 186. The summed E-state index contributed by atoms with van der Waals surface area (Å²) in [6, 6.07) is 0. The van der Waals surface area contributed by atoms with Gasteiger partial charge < -0.3 is 10.1 Å². The fourth-order valence-electron chi connectivity index (χ4n) is 0.366. The van der Waals surface area contributed by atoms with Crippen molar-refractivity contribution >= 4 is 11.9 Å². The third-order valence-corrected chi connectivity index (χ3v) is 0.807. The predicted molar refractivity (Wildman–Crippen MR) is 39.5 cm³/mol. The summed E-state index contributed by atoms with van der Waals surface area (Å²) in [6.07, 6.45) is 2.07. The monoisotopic (exact) mass is 155 g/mol. The number of nitrogens with one attached hydrogen (secondary N) is 1. The lowest BCUT2D eigenvalue weighted by Crippen LogP contribution is -2.28. The Morgan fingerprint density at radius 3 is 2.55 bits per heavy atom. The van der Waals surface area contributed by atoms with Crippen LogP contribution in [-0.4, -0.2) is 18.4 Å². The molecule has 0 rings (SSSR count). The van der Waals surface area contributed by atoms with Crippen molar-refractivity contribution in [3.05, 3.63) is 25.5 Å². The molecular formula is C7H9NO3. The number of esters is 1. The number of amides is 1. The Kier molecular flexibility index (Phi) is 4.47. The van der Waals surface area contributed by atoms with Crippen LogP contribution in [0.4, 0.5) is 0 Å². The van der Waals surface area contributed by atoms with Crippen molar-refractivity contribution in [2.75, 3.05) is 6.54 Å². The molecule has 0 aromatic heterocycles. The van der Waals surface area contributed by atoms with Crippen LogP contribution in [0.15, 0.2) is 25.5 Å². The van der Waals surface area contributed by atoms with Gasteiger partial charge in [-0.15, -0.1) is 0 Å². The third kappa shape index (κ3) is 4.90. The molecule has 0 aromatic rings. The van der Waals surface area contributed by atoms with Crippen LogP contribution in [0, 0.1) is 0 Å². The molecule has 1 N–H and O–H groups in total. The summed E-state index contributed by atoms with van der Waals surface area (Å²) in [7, 11) is 0. The maximum Gasteiger partial charge on any atom is 0.330 e. The molecule has 11 heavy (non-hydrogen) atoms. The first kappa shape index (κ1) is 9.42. The highest BCUT2D eigenvalue weighted by Gasteiger charge is 2.00. The van der Waals surface area contributed by atoms with Crippen LogP contribution in [0.5, 0.6) is 0 Å². The SMILES string of the molecule is C=COC(=O)CNC(=O)C=C. The van der Waals surface area contributed by atoms with Crippen LogP contribution in [0.1, 0.15) is 0 Å². The normalized spacial score (nSPS) is 8.00. The minimum Gasteiger partial charge on any atom is -0.434 e. The molecule has 0 aromatic carbocycles. The first-order valence-electron chi connectivity index (χ1n) is 2.91. The lowest BCUT2D eigenvalue weighted by Gasteiger charge is -1.98.